The van der Waals surface area contributed by atoms with Crippen LogP contribution in [-0.4, -0.2) is 30.3 Å². The van der Waals surface area contributed by atoms with Gasteiger partial charge in [0.2, 0.25) is 18.6 Å². The van der Waals surface area contributed by atoms with E-state index in [0.29, 0.717) is 36.2 Å². The number of aromatic nitrogens is 1. The summed E-state index contributed by atoms with van der Waals surface area (Å²) in [6.45, 7) is 2.64. The van der Waals surface area contributed by atoms with Crippen LogP contribution in [0.5, 0.6) is 11.5 Å². The molecular formula is C17H17N3O5. The molecule has 1 unspecified atom stereocenters. The van der Waals surface area contributed by atoms with Gasteiger partial charge in [-0.05, 0) is 24.6 Å². The summed E-state index contributed by atoms with van der Waals surface area (Å²) in [5.41, 5.74) is 0.908. The van der Waals surface area contributed by atoms with Gasteiger partial charge in [0.25, 0.3) is 0 Å². The van der Waals surface area contributed by atoms with Crippen LogP contribution in [0.2, 0.25) is 0 Å². The van der Waals surface area contributed by atoms with Crippen molar-refractivity contribution >= 4 is 17.6 Å². The maximum atomic E-state index is 12.4. The highest BCUT2D eigenvalue weighted by Gasteiger charge is 2.36. The van der Waals surface area contributed by atoms with Crippen molar-refractivity contribution in [1.29, 1.82) is 0 Å². The van der Waals surface area contributed by atoms with Gasteiger partial charge in [0.1, 0.15) is 5.76 Å². The molecule has 0 bridgehead atoms. The van der Waals surface area contributed by atoms with E-state index < -0.39 is 5.92 Å². The second-order valence-corrected chi connectivity index (χ2v) is 6.11. The highest BCUT2D eigenvalue weighted by Crippen LogP contribution is 2.32. The lowest BCUT2D eigenvalue weighted by Crippen LogP contribution is -2.32. The van der Waals surface area contributed by atoms with Gasteiger partial charge in [-0.25, -0.2) is 0 Å². The monoisotopic (exact) mass is 343 g/mol. The van der Waals surface area contributed by atoms with Gasteiger partial charge in [0.05, 0.1) is 5.92 Å². The number of hydrogen-bond acceptors (Lipinski definition) is 6. The molecule has 2 amide bonds. The van der Waals surface area contributed by atoms with Gasteiger partial charge in [-0.2, -0.15) is 0 Å². The number of amides is 2. The van der Waals surface area contributed by atoms with Gasteiger partial charge in [-0.1, -0.05) is 11.2 Å². The molecule has 0 spiro atoms. The van der Waals surface area contributed by atoms with E-state index in [9.17, 15) is 9.59 Å². The second-order valence-electron chi connectivity index (χ2n) is 6.11. The number of nitrogens with one attached hydrogen (secondary N) is 1. The Balaban J connectivity index is 1.36. The summed E-state index contributed by atoms with van der Waals surface area (Å²) in [6, 6.07) is 7.22. The maximum absolute atomic E-state index is 12.4. The van der Waals surface area contributed by atoms with Crippen molar-refractivity contribution in [2.24, 2.45) is 5.92 Å². The highest BCUT2D eigenvalue weighted by molar-refractivity contribution is 5.99. The minimum atomic E-state index is -0.404. The SMILES string of the molecule is Cc1cc(N2CC(C(=O)NCc3ccc4c(c3)OCO4)CC2=O)no1. The van der Waals surface area contributed by atoms with E-state index in [-0.39, 0.29) is 25.0 Å². The van der Waals surface area contributed by atoms with Crippen molar-refractivity contribution in [2.75, 3.05) is 18.2 Å². The fraction of sp³-hybridized carbons (Fsp3) is 0.353. The number of anilines is 1. The lowest BCUT2D eigenvalue weighted by atomic mass is 10.1. The average Bonchev–Trinajstić information content (AvgIpc) is 3.31. The molecule has 2 aliphatic rings. The molecule has 8 nitrogen and oxygen atoms in total. The van der Waals surface area contributed by atoms with Crippen LogP contribution in [0.4, 0.5) is 5.82 Å². The van der Waals surface area contributed by atoms with Crippen molar-refractivity contribution in [2.45, 2.75) is 19.9 Å². The molecule has 3 heterocycles. The van der Waals surface area contributed by atoms with Crippen LogP contribution in [-0.2, 0) is 16.1 Å². The van der Waals surface area contributed by atoms with E-state index >= 15 is 0 Å². The lowest BCUT2D eigenvalue weighted by molar-refractivity contribution is -0.126. The standard InChI is InChI=1S/C17H17N3O5/c1-10-4-15(19-25-10)20-8-12(6-16(20)21)17(22)18-7-11-2-3-13-14(5-11)24-9-23-13/h2-5,12H,6-9H2,1H3,(H,18,22). The number of rotatable bonds is 4. The van der Waals surface area contributed by atoms with Gasteiger partial charge in [0, 0.05) is 25.6 Å². The summed E-state index contributed by atoms with van der Waals surface area (Å²) < 4.78 is 15.6. The first-order chi connectivity index (χ1) is 12.1. The third-order valence-corrected chi connectivity index (χ3v) is 4.29. The second kappa shape index (κ2) is 6.12. The molecule has 0 radical (unpaired) electrons. The van der Waals surface area contributed by atoms with E-state index in [4.69, 9.17) is 14.0 Å². The Labute approximate surface area is 143 Å². The van der Waals surface area contributed by atoms with Crippen LogP contribution in [0.1, 0.15) is 17.7 Å². The Hall–Kier alpha value is -3.03. The quantitative estimate of drug-likeness (QED) is 0.901. The lowest BCUT2D eigenvalue weighted by Gasteiger charge is -2.13. The third-order valence-electron chi connectivity index (χ3n) is 4.29. The maximum Gasteiger partial charge on any atom is 0.231 e. The number of nitrogens with zero attached hydrogens (tertiary/aromatic N) is 2. The number of carbonyl (C=O) groups excluding carboxylic acids is 2. The molecule has 1 atom stereocenters. The zero-order chi connectivity index (χ0) is 17.4. The van der Waals surface area contributed by atoms with E-state index in [2.05, 4.69) is 10.5 Å². The van der Waals surface area contributed by atoms with E-state index in [1.54, 1.807) is 13.0 Å². The summed E-state index contributed by atoms with van der Waals surface area (Å²) in [6.07, 6.45) is 0.166. The zero-order valence-corrected chi connectivity index (χ0v) is 13.7. The normalized spacial score (nSPS) is 18.7. The summed E-state index contributed by atoms with van der Waals surface area (Å²) >= 11 is 0. The summed E-state index contributed by atoms with van der Waals surface area (Å²) in [4.78, 5) is 26.0. The highest BCUT2D eigenvalue weighted by atomic mass is 16.7. The average molecular weight is 343 g/mol. The number of hydrogen-bond donors (Lipinski definition) is 1. The minimum absolute atomic E-state index is 0.128. The number of aryl methyl sites for hydroxylation is 1. The third kappa shape index (κ3) is 3.02. The summed E-state index contributed by atoms with van der Waals surface area (Å²) in [5, 5.41) is 6.71. The molecule has 25 heavy (non-hydrogen) atoms. The molecule has 2 aliphatic heterocycles. The molecule has 2 aromatic rings. The summed E-state index contributed by atoms with van der Waals surface area (Å²) in [7, 11) is 0. The van der Waals surface area contributed by atoms with Crippen molar-refractivity contribution in [3.05, 3.63) is 35.6 Å². The van der Waals surface area contributed by atoms with Crippen LogP contribution in [0.3, 0.4) is 0 Å². The predicted octanol–water partition coefficient (Wildman–Crippen LogP) is 1.38. The van der Waals surface area contributed by atoms with Crippen LogP contribution in [0.25, 0.3) is 0 Å². The molecule has 1 aromatic carbocycles. The fourth-order valence-electron chi connectivity index (χ4n) is 2.97. The number of carbonyl (C=O) groups is 2. The molecule has 0 saturated carbocycles. The Morgan fingerprint density at radius 1 is 1.32 bits per heavy atom. The Morgan fingerprint density at radius 3 is 2.96 bits per heavy atom. The first-order valence-electron chi connectivity index (χ1n) is 8.00. The Morgan fingerprint density at radius 2 is 2.16 bits per heavy atom. The van der Waals surface area contributed by atoms with Crippen LogP contribution >= 0.6 is 0 Å². The molecule has 1 fully saturated rings. The van der Waals surface area contributed by atoms with Crippen LogP contribution in [0.15, 0.2) is 28.8 Å². The molecule has 0 aliphatic carbocycles. The summed E-state index contributed by atoms with van der Waals surface area (Å²) in [5.74, 6) is 1.77. The zero-order valence-electron chi connectivity index (χ0n) is 13.7. The van der Waals surface area contributed by atoms with Gasteiger partial charge in [-0.15, -0.1) is 0 Å². The van der Waals surface area contributed by atoms with Gasteiger partial charge < -0.3 is 19.3 Å². The largest absolute Gasteiger partial charge is 0.454 e. The van der Waals surface area contributed by atoms with Crippen molar-refractivity contribution < 1.29 is 23.6 Å². The van der Waals surface area contributed by atoms with Crippen LogP contribution < -0.4 is 19.7 Å². The Bertz CT molecular complexity index is 831. The first-order valence-corrected chi connectivity index (χ1v) is 8.00. The van der Waals surface area contributed by atoms with Crippen LogP contribution in [0, 0.1) is 12.8 Å². The fourth-order valence-corrected chi connectivity index (χ4v) is 2.97. The minimum Gasteiger partial charge on any atom is -0.454 e. The topological polar surface area (TPSA) is 93.9 Å². The molecule has 8 heteroatoms. The molecule has 1 saturated heterocycles. The molecule has 130 valence electrons. The van der Waals surface area contributed by atoms with Gasteiger partial charge in [0.15, 0.2) is 17.3 Å². The van der Waals surface area contributed by atoms with E-state index in [0.717, 1.165) is 5.56 Å². The number of fused-ring (bicyclic) bond motifs is 1. The Kier molecular flexibility index (Phi) is 3.79. The smallest absolute Gasteiger partial charge is 0.231 e. The first kappa shape index (κ1) is 15.5. The van der Waals surface area contributed by atoms with Gasteiger partial charge >= 0.3 is 0 Å². The van der Waals surface area contributed by atoms with Gasteiger partial charge in [-0.3, -0.25) is 14.5 Å². The van der Waals surface area contributed by atoms with E-state index in [1.165, 1.54) is 4.90 Å². The van der Waals surface area contributed by atoms with Crippen molar-refractivity contribution in [1.82, 2.24) is 10.5 Å². The van der Waals surface area contributed by atoms with E-state index in [1.807, 2.05) is 18.2 Å². The molecule has 1 aromatic heterocycles. The molecular weight excluding hydrogens is 326 g/mol. The number of benzene rings is 1. The van der Waals surface area contributed by atoms with Crippen molar-refractivity contribution in [3.63, 3.8) is 0 Å². The van der Waals surface area contributed by atoms with Crippen molar-refractivity contribution in [3.8, 4) is 11.5 Å². The molecule has 4 rings (SSSR count). The predicted molar refractivity (Wildman–Crippen MR) is 86.1 cm³/mol. The number of ether oxygens (including phenoxy) is 2. The molecule has 1 N–H and O–H groups in total.